The summed E-state index contributed by atoms with van der Waals surface area (Å²) in [5.74, 6) is 0.797. The first kappa shape index (κ1) is 7.92. The molecular weight excluding hydrogens is 160 g/mol. The van der Waals surface area contributed by atoms with Crippen LogP contribution in [0.25, 0.3) is 11.3 Å². The topological polar surface area (TPSA) is 25.8 Å². The third-order valence-corrected chi connectivity index (χ3v) is 1.79. The van der Waals surface area contributed by atoms with Gasteiger partial charge in [-0.25, -0.2) is 9.97 Å². The third-order valence-electron chi connectivity index (χ3n) is 1.79. The predicted octanol–water partition coefficient (Wildman–Crippen LogP) is 2.25. The zero-order valence-corrected chi connectivity index (χ0v) is 7.36. The molecule has 0 amide bonds. The second-order valence-electron chi connectivity index (χ2n) is 2.78. The maximum atomic E-state index is 4.32. The molecule has 13 heavy (non-hydrogen) atoms. The quantitative estimate of drug-likeness (QED) is 0.654. The summed E-state index contributed by atoms with van der Waals surface area (Å²) >= 11 is 0. The van der Waals surface area contributed by atoms with Gasteiger partial charge in [-0.05, 0) is 19.1 Å². The first-order chi connectivity index (χ1) is 6.36. The van der Waals surface area contributed by atoms with Gasteiger partial charge in [0.2, 0.25) is 0 Å². The zero-order chi connectivity index (χ0) is 9.10. The van der Waals surface area contributed by atoms with Gasteiger partial charge in [-0.2, -0.15) is 0 Å². The van der Waals surface area contributed by atoms with Crippen LogP contribution in [0.1, 0.15) is 5.82 Å². The number of hydrogen-bond donors (Lipinski definition) is 0. The molecule has 0 spiro atoms. The molecule has 0 aliphatic heterocycles. The molecule has 0 bridgehead atoms. The summed E-state index contributed by atoms with van der Waals surface area (Å²) in [6, 6.07) is 12.6. The molecule has 1 radical (unpaired) electrons. The van der Waals surface area contributed by atoms with Gasteiger partial charge in [0, 0.05) is 11.8 Å². The molecule has 0 aliphatic rings. The highest BCUT2D eigenvalue weighted by Gasteiger charge is 1.97. The maximum Gasteiger partial charge on any atom is 0.125 e. The molecule has 1 aromatic heterocycles. The molecule has 1 heterocycles. The van der Waals surface area contributed by atoms with Gasteiger partial charge in [-0.3, -0.25) is 0 Å². The Labute approximate surface area is 77.3 Å². The van der Waals surface area contributed by atoms with E-state index in [9.17, 15) is 0 Å². The number of rotatable bonds is 1. The van der Waals surface area contributed by atoms with Crippen molar-refractivity contribution in [2.45, 2.75) is 6.92 Å². The smallest absolute Gasteiger partial charge is 0.125 e. The van der Waals surface area contributed by atoms with Gasteiger partial charge in [-0.1, -0.05) is 24.3 Å². The van der Waals surface area contributed by atoms with Crippen LogP contribution in [0.2, 0.25) is 0 Å². The SMILES string of the molecule is Cc1nccc(-c2cc[c]cc2)n1. The lowest BCUT2D eigenvalue weighted by Gasteiger charge is -1.99. The minimum absolute atomic E-state index is 0.797. The van der Waals surface area contributed by atoms with Gasteiger partial charge < -0.3 is 0 Å². The van der Waals surface area contributed by atoms with Crippen LogP contribution in [0.5, 0.6) is 0 Å². The van der Waals surface area contributed by atoms with Crippen LogP contribution < -0.4 is 0 Å². The van der Waals surface area contributed by atoms with Crippen LogP contribution in [0.15, 0.2) is 36.5 Å². The highest BCUT2D eigenvalue weighted by atomic mass is 14.9. The Kier molecular flexibility index (Phi) is 2.04. The lowest BCUT2D eigenvalue weighted by atomic mass is 10.1. The van der Waals surface area contributed by atoms with Crippen LogP contribution in [-0.4, -0.2) is 9.97 Å². The van der Waals surface area contributed by atoms with E-state index in [1.54, 1.807) is 6.20 Å². The standard InChI is InChI=1S/C11H9N2/c1-9-12-8-7-11(13-9)10-5-3-2-4-6-10/h3-8H,1H3. The average molecular weight is 169 g/mol. The van der Waals surface area contributed by atoms with Crippen molar-refractivity contribution in [2.24, 2.45) is 0 Å². The van der Waals surface area contributed by atoms with Gasteiger partial charge in [0.25, 0.3) is 0 Å². The van der Waals surface area contributed by atoms with E-state index in [1.807, 2.05) is 37.3 Å². The Morgan fingerprint density at radius 2 is 1.92 bits per heavy atom. The van der Waals surface area contributed by atoms with Crippen molar-refractivity contribution in [1.29, 1.82) is 0 Å². The molecule has 0 saturated carbocycles. The molecule has 1 aromatic carbocycles. The van der Waals surface area contributed by atoms with E-state index < -0.39 is 0 Å². The van der Waals surface area contributed by atoms with Gasteiger partial charge in [0.05, 0.1) is 5.69 Å². The van der Waals surface area contributed by atoms with Crippen molar-refractivity contribution in [2.75, 3.05) is 0 Å². The number of hydrogen-bond acceptors (Lipinski definition) is 2. The van der Waals surface area contributed by atoms with Crippen LogP contribution in [0.4, 0.5) is 0 Å². The molecule has 2 aromatic rings. The predicted molar refractivity (Wildman–Crippen MR) is 51.0 cm³/mol. The van der Waals surface area contributed by atoms with E-state index in [1.165, 1.54) is 0 Å². The molecular formula is C11H9N2. The van der Waals surface area contributed by atoms with E-state index >= 15 is 0 Å². The summed E-state index contributed by atoms with van der Waals surface area (Å²) in [6.07, 6.45) is 1.77. The Morgan fingerprint density at radius 1 is 1.15 bits per heavy atom. The van der Waals surface area contributed by atoms with Crippen LogP contribution in [-0.2, 0) is 0 Å². The second-order valence-corrected chi connectivity index (χ2v) is 2.78. The Bertz CT molecular complexity index is 396. The van der Waals surface area contributed by atoms with E-state index in [0.29, 0.717) is 0 Å². The Balaban J connectivity index is 2.48. The Morgan fingerprint density at radius 3 is 2.62 bits per heavy atom. The minimum Gasteiger partial charge on any atom is -0.242 e. The Hall–Kier alpha value is -1.70. The van der Waals surface area contributed by atoms with Gasteiger partial charge in [-0.15, -0.1) is 0 Å². The summed E-state index contributed by atoms with van der Waals surface area (Å²) < 4.78 is 0. The molecule has 0 saturated heterocycles. The summed E-state index contributed by atoms with van der Waals surface area (Å²) in [5.41, 5.74) is 2.06. The summed E-state index contributed by atoms with van der Waals surface area (Å²) in [4.78, 5) is 8.36. The van der Waals surface area contributed by atoms with Crippen molar-refractivity contribution >= 4 is 0 Å². The fourth-order valence-electron chi connectivity index (χ4n) is 1.17. The van der Waals surface area contributed by atoms with Crippen LogP contribution in [0.3, 0.4) is 0 Å². The first-order valence-electron chi connectivity index (χ1n) is 4.12. The summed E-state index contributed by atoms with van der Waals surface area (Å²) in [5, 5.41) is 0. The number of aromatic nitrogens is 2. The van der Waals surface area contributed by atoms with Crippen molar-refractivity contribution in [3.8, 4) is 11.3 Å². The fraction of sp³-hybridized carbons (Fsp3) is 0.0909. The first-order valence-corrected chi connectivity index (χ1v) is 4.12. The van der Waals surface area contributed by atoms with Crippen molar-refractivity contribution in [1.82, 2.24) is 9.97 Å². The third kappa shape index (κ3) is 1.72. The molecule has 63 valence electrons. The molecule has 2 nitrogen and oxygen atoms in total. The molecule has 0 aliphatic carbocycles. The normalized spacial score (nSPS) is 9.92. The number of aryl methyl sites for hydroxylation is 1. The lowest BCUT2D eigenvalue weighted by molar-refractivity contribution is 1.06. The van der Waals surface area contributed by atoms with E-state index in [4.69, 9.17) is 0 Å². The summed E-state index contributed by atoms with van der Waals surface area (Å²) in [6.45, 7) is 1.89. The zero-order valence-electron chi connectivity index (χ0n) is 7.36. The van der Waals surface area contributed by atoms with Crippen molar-refractivity contribution in [3.63, 3.8) is 0 Å². The largest absolute Gasteiger partial charge is 0.242 e. The van der Waals surface area contributed by atoms with E-state index in [-0.39, 0.29) is 0 Å². The number of nitrogens with zero attached hydrogens (tertiary/aromatic N) is 2. The molecule has 0 unspecified atom stereocenters. The molecule has 0 fully saturated rings. The molecule has 2 rings (SSSR count). The molecule has 0 N–H and O–H groups in total. The molecule has 0 atom stereocenters. The minimum atomic E-state index is 0.797. The van der Waals surface area contributed by atoms with Crippen LogP contribution >= 0.6 is 0 Å². The van der Waals surface area contributed by atoms with Gasteiger partial charge >= 0.3 is 0 Å². The van der Waals surface area contributed by atoms with Crippen LogP contribution in [0, 0.1) is 13.0 Å². The summed E-state index contributed by atoms with van der Waals surface area (Å²) in [7, 11) is 0. The van der Waals surface area contributed by atoms with E-state index in [2.05, 4.69) is 16.0 Å². The monoisotopic (exact) mass is 169 g/mol. The lowest BCUT2D eigenvalue weighted by Crippen LogP contribution is -1.88. The highest BCUT2D eigenvalue weighted by molar-refractivity contribution is 5.57. The van der Waals surface area contributed by atoms with E-state index in [0.717, 1.165) is 17.1 Å². The fourth-order valence-corrected chi connectivity index (χ4v) is 1.17. The van der Waals surface area contributed by atoms with Crippen molar-refractivity contribution < 1.29 is 0 Å². The van der Waals surface area contributed by atoms with Gasteiger partial charge in [0.15, 0.2) is 0 Å². The molecule has 2 heteroatoms. The number of benzene rings is 1. The average Bonchev–Trinajstić information content (AvgIpc) is 2.19. The van der Waals surface area contributed by atoms with Crippen molar-refractivity contribution in [3.05, 3.63) is 48.4 Å². The van der Waals surface area contributed by atoms with Gasteiger partial charge in [0.1, 0.15) is 5.82 Å². The highest BCUT2D eigenvalue weighted by Crippen LogP contribution is 2.14. The maximum absolute atomic E-state index is 4.32. The second kappa shape index (κ2) is 3.35.